The molecule has 4 rings (SSSR count). The van der Waals surface area contributed by atoms with Gasteiger partial charge < -0.3 is 24.8 Å². The number of hydrogen-bond donors (Lipinski definition) is 0. The number of allylic oxidation sites excluding steroid dienone is 4. The Bertz CT molecular complexity index is 917. The van der Waals surface area contributed by atoms with E-state index in [-0.39, 0.29) is 24.8 Å². The standard InChI is InChI=1S/C13H9.C10H15.C3H6.2ClH.Zr/c1-3-7-12-10(5-1)9-11-6-2-4-8-13(11)12;1-8-5-6-9(7-8)10(2,3)4;1-3-2;;;/h1-9H;6-8H,1-4H3;1-2H3;2*1H;/q2*-1;;;;+2/p-2. The molecule has 0 bridgehead atoms. The smallest absolute Gasteiger partial charge is 0.0771 e. The zero-order valence-corrected chi connectivity index (χ0v) is 22.2. The molecule has 29 heavy (non-hydrogen) atoms. The first-order chi connectivity index (χ1) is 12.7. The topological polar surface area (TPSA) is 0 Å². The maximum atomic E-state index is 3.26. The van der Waals surface area contributed by atoms with Crippen LogP contribution in [0.2, 0.25) is 0 Å². The molecular weight excluding hydrogens is 474 g/mol. The van der Waals surface area contributed by atoms with Crippen molar-refractivity contribution in [3.63, 3.8) is 0 Å². The summed E-state index contributed by atoms with van der Waals surface area (Å²) < 4.78 is 1.51. The van der Waals surface area contributed by atoms with Gasteiger partial charge in [-0.15, -0.1) is 39.7 Å². The summed E-state index contributed by atoms with van der Waals surface area (Å²) in [5.74, 6) is 0.522. The fraction of sp³-hybridized carbons (Fsp3) is 0.308. The van der Waals surface area contributed by atoms with Crippen LogP contribution in [0.1, 0.15) is 41.5 Å². The van der Waals surface area contributed by atoms with Crippen molar-refractivity contribution in [2.45, 2.75) is 41.5 Å². The van der Waals surface area contributed by atoms with E-state index >= 15 is 0 Å². The zero-order chi connectivity index (χ0) is 20.0. The normalized spacial score (nSPS) is 14.6. The third kappa shape index (κ3) is 8.79. The predicted molar refractivity (Wildman–Crippen MR) is 118 cm³/mol. The van der Waals surface area contributed by atoms with Gasteiger partial charge in [0.05, 0.1) is 0 Å². The van der Waals surface area contributed by atoms with Gasteiger partial charge in [-0.2, -0.15) is 11.6 Å². The van der Waals surface area contributed by atoms with Gasteiger partial charge in [0.1, 0.15) is 0 Å². The molecule has 1 unspecified atom stereocenters. The summed E-state index contributed by atoms with van der Waals surface area (Å²) in [7, 11) is 0. The molecule has 1 aliphatic rings. The van der Waals surface area contributed by atoms with Gasteiger partial charge in [-0.3, -0.25) is 6.08 Å². The molecule has 0 N–H and O–H groups in total. The van der Waals surface area contributed by atoms with Crippen LogP contribution in [0.3, 0.4) is 0 Å². The molecule has 3 aromatic carbocycles. The van der Waals surface area contributed by atoms with E-state index in [4.69, 9.17) is 0 Å². The number of hydrogen-bond acceptors (Lipinski definition) is 0. The number of halogens is 2. The van der Waals surface area contributed by atoms with Crippen LogP contribution in [0.25, 0.3) is 21.5 Å². The molecule has 0 aliphatic heterocycles. The summed E-state index contributed by atoms with van der Waals surface area (Å²) in [6, 6.07) is 19.3. The number of rotatable bonds is 0. The second kappa shape index (κ2) is 12.7. The molecule has 0 saturated carbocycles. The monoisotopic (exact) mass is 502 g/mol. The second-order valence-corrected chi connectivity index (χ2v) is 10.7. The quantitative estimate of drug-likeness (QED) is 0.407. The molecule has 0 heterocycles. The largest absolute Gasteiger partial charge is 1.00 e. The van der Waals surface area contributed by atoms with E-state index < -0.39 is 0 Å². The van der Waals surface area contributed by atoms with Crippen LogP contribution in [-0.4, -0.2) is 3.21 Å². The molecule has 1 atom stereocenters. The molecule has 0 amide bonds. The molecule has 0 radical (unpaired) electrons. The molecule has 3 heteroatoms. The maximum absolute atomic E-state index is 3.26. The Morgan fingerprint density at radius 2 is 1.31 bits per heavy atom. The summed E-state index contributed by atoms with van der Waals surface area (Å²) in [4.78, 5) is 0. The molecule has 0 saturated heterocycles. The van der Waals surface area contributed by atoms with Crippen LogP contribution in [0.5, 0.6) is 0 Å². The second-order valence-electron chi connectivity index (χ2n) is 8.29. The third-order valence-corrected chi connectivity index (χ3v) is 4.32. The summed E-state index contributed by atoms with van der Waals surface area (Å²) >= 11 is 1.55. The Hall–Kier alpha value is -0.877. The van der Waals surface area contributed by atoms with Crippen LogP contribution >= 0.6 is 0 Å². The van der Waals surface area contributed by atoms with Crippen molar-refractivity contribution < 1.29 is 49.0 Å². The van der Waals surface area contributed by atoms with Crippen LogP contribution < -0.4 is 24.8 Å². The minimum absolute atomic E-state index is 0. The van der Waals surface area contributed by atoms with Crippen LogP contribution in [0.15, 0.2) is 72.3 Å². The van der Waals surface area contributed by atoms with Crippen molar-refractivity contribution in [1.82, 2.24) is 0 Å². The van der Waals surface area contributed by atoms with Gasteiger partial charge in [-0.05, 0) is 0 Å². The summed E-state index contributed by atoms with van der Waals surface area (Å²) in [6.07, 6.45) is 7.65. The molecule has 1 aliphatic carbocycles. The molecule has 0 fully saturated rings. The van der Waals surface area contributed by atoms with E-state index in [0.29, 0.717) is 11.3 Å². The molecule has 3 aromatic rings. The Morgan fingerprint density at radius 3 is 1.62 bits per heavy atom. The SMILES string of the molecule is CC1[C-]=CC(C(C)(C)C)=C1.C[C](C)=[Zr+2].[Cl-].[Cl-].c1ccc2c(c1)[cH-]c1ccccc12. The molecule has 0 spiro atoms. The van der Waals surface area contributed by atoms with Crippen LogP contribution in [-0.2, 0) is 24.2 Å². The van der Waals surface area contributed by atoms with E-state index in [2.05, 4.69) is 114 Å². The van der Waals surface area contributed by atoms with E-state index in [0.717, 1.165) is 0 Å². The first kappa shape index (κ1) is 28.1. The Balaban J connectivity index is 0.000000443. The summed E-state index contributed by atoms with van der Waals surface area (Å²) in [6.45, 7) is 13.1. The fourth-order valence-electron chi connectivity index (χ4n) is 2.96. The first-order valence-electron chi connectivity index (χ1n) is 9.55. The Kier molecular flexibility index (Phi) is 12.4. The fourth-order valence-corrected chi connectivity index (χ4v) is 2.96. The number of benzene rings is 2. The first-order valence-corrected chi connectivity index (χ1v) is 10.8. The maximum Gasteiger partial charge on any atom is -0.0771 e. The van der Waals surface area contributed by atoms with Gasteiger partial charge in [-0.25, -0.2) is 6.08 Å². The van der Waals surface area contributed by atoms with Crippen molar-refractivity contribution in [3.05, 3.63) is 78.4 Å². The predicted octanol–water partition coefficient (Wildman–Crippen LogP) is 1.43. The van der Waals surface area contributed by atoms with E-state index in [9.17, 15) is 0 Å². The van der Waals surface area contributed by atoms with Gasteiger partial charge in [0.15, 0.2) is 0 Å². The van der Waals surface area contributed by atoms with Gasteiger partial charge in [0.2, 0.25) is 0 Å². The van der Waals surface area contributed by atoms with Gasteiger partial charge in [0, 0.05) is 0 Å². The van der Waals surface area contributed by atoms with Crippen LogP contribution in [0.4, 0.5) is 0 Å². The Labute approximate surface area is 204 Å². The van der Waals surface area contributed by atoms with Crippen LogP contribution in [0, 0.1) is 17.4 Å². The van der Waals surface area contributed by atoms with E-state index in [1.165, 1.54) is 30.3 Å². The van der Waals surface area contributed by atoms with Crippen molar-refractivity contribution >= 4 is 24.8 Å². The average molecular weight is 505 g/mol. The third-order valence-electron chi connectivity index (χ3n) is 4.32. The van der Waals surface area contributed by atoms with Gasteiger partial charge >= 0.3 is 41.3 Å². The molecule has 154 valence electrons. The van der Waals surface area contributed by atoms with E-state index in [1.54, 1.807) is 24.2 Å². The molecule has 0 nitrogen and oxygen atoms in total. The summed E-state index contributed by atoms with van der Waals surface area (Å²) in [5, 5.41) is 5.39. The van der Waals surface area contributed by atoms with Gasteiger partial charge in [0.25, 0.3) is 0 Å². The van der Waals surface area contributed by atoms with Crippen molar-refractivity contribution in [2.24, 2.45) is 11.3 Å². The minimum Gasteiger partial charge on any atom is -1.00 e. The minimum atomic E-state index is 0. The van der Waals surface area contributed by atoms with Gasteiger partial charge in [-0.1, -0.05) is 75.4 Å². The summed E-state index contributed by atoms with van der Waals surface area (Å²) in [5.41, 5.74) is 1.72. The average Bonchev–Trinajstić information content (AvgIpc) is 3.18. The van der Waals surface area contributed by atoms with Crippen molar-refractivity contribution in [1.29, 1.82) is 0 Å². The van der Waals surface area contributed by atoms with E-state index in [1.807, 2.05) is 0 Å². The molecular formula is C26H30Cl2Zr-2. The van der Waals surface area contributed by atoms with Crippen molar-refractivity contribution in [2.75, 3.05) is 0 Å². The molecule has 0 aromatic heterocycles. The van der Waals surface area contributed by atoms with Crippen molar-refractivity contribution in [3.8, 4) is 0 Å². The zero-order valence-electron chi connectivity index (χ0n) is 18.2. The Morgan fingerprint density at radius 1 is 0.897 bits per heavy atom. The number of fused-ring (bicyclic) bond motifs is 3.